The van der Waals surface area contributed by atoms with Crippen molar-refractivity contribution < 1.29 is 0 Å². The first-order valence-electron chi connectivity index (χ1n) is 8.20. The second kappa shape index (κ2) is 8.48. The molecule has 124 valence electrons. The van der Waals surface area contributed by atoms with Crippen LogP contribution in [0.1, 0.15) is 36.9 Å². The molecule has 1 saturated heterocycles. The molecule has 22 heavy (non-hydrogen) atoms. The maximum Gasteiger partial charge on any atom is 0.193 e. The van der Waals surface area contributed by atoms with Crippen LogP contribution in [0.4, 0.5) is 0 Å². The Morgan fingerprint density at radius 3 is 3.00 bits per heavy atom. The van der Waals surface area contributed by atoms with Gasteiger partial charge in [-0.15, -0.1) is 11.3 Å². The van der Waals surface area contributed by atoms with E-state index in [-0.39, 0.29) is 0 Å². The van der Waals surface area contributed by atoms with E-state index >= 15 is 0 Å². The average molecular weight is 324 g/mol. The molecule has 0 aromatic carbocycles. The summed E-state index contributed by atoms with van der Waals surface area (Å²) in [4.78, 5) is 13.7. The van der Waals surface area contributed by atoms with Crippen molar-refractivity contribution in [1.82, 2.24) is 20.1 Å². The summed E-state index contributed by atoms with van der Waals surface area (Å²) in [7, 11) is 3.92. The number of hydrogen-bond donors (Lipinski definition) is 1. The monoisotopic (exact) mass is 323 g/mol. The Hall–Kier alpha value is -1.14. The number of aliphatic imine (C=N–C) groups is 1. The molecule has 5 nitrogen and oxygen atoms in total. The molecule has 1 aliphatic rings. The van der Waals surface area contributed by atoms with E-state index in [9.17, 15) is 0 Å². The van der Waals surface area contributed by atoms with E-state index in [4.69, 9.17) is 0 Å². The van der Waals surface area contributed by atoms with Crippen LogP contribution in [0.3, 0.4) is 0 Å². The topological polar surface area (TPSA) is 43.8 Å². The number of rotatable bonds is 5. The minimum atomic E-state index is 0.630. The molecule has 1 N–H and O–H groups in total. The van der Waals surface area contributed by atoms with Gasteiger partial charge in [-0.25, -0.2) is 4.98 Å². The predicted octanol–water partition coefficient (Wildman–Crippen LogP) is 2.33. The number of nitrogens with one attached hydrogen (secondary N) is 1. The fourth-order valence-corrected chi connectivity index (χ4v) is 3.70. The second-order valence-corrected chi connectivity index (χ2v) is 6.98. The number of nitrogens with zero attached hydrogens (tertiary/aromatic N) is 4. The van der Waals surface area contributed by atoms with E-state index < -0.39 is 0 Å². The van der Waals surface area contributed by atoms with Crippen molar-refractivity contribution in [3.8, 4) is 0 Å². The Bertz CT molecular complexity index is 485. The fraction of sp³-hybridized carbons (Fsp3) is 0.750. The van der Waals surface area contributed by atoms with Crippen molar-refractivity contribution in [3.63, 3.8) is 0 Å². The zero-order valence-corrected chi connectivity index (χ0v) is 15.1. The Labute approximate surface area is 138 Å². The zero-order valence-electron chi connectivity index (χ0n) is 14.3. The molecule has 1 aromatic heterocycles. The van der Waals surface area contributed by atoms with Crippen LogP contribution in [0.25, 0.3) is 0 Å². The van der Waals surface area contributed by atoms with E-state index in [1.54, 1.807) is 11.3 Å². The van der Waals surface area contributed by atoms with Crippen molar-refractivity contribution >= 4 is 17.3 Å². The smallest absolute Gasteiger partial charge is 0.193 e. The third kappa shape index (κ3) is 4.68. The van der Waals surface area contributed by atoms with Crippen LogP contribution >= 0.6 is 11.3 Å². The van der Waals surface area contributed by atoms with Crippen LogP contribution in [0.5, 0.6) is 0 Å². The Morgan fingerprint density at radius 2 is 2.36 bits per heavy atom. The lowest BCUT2D eigenvalue weighted by Crippen LogP contribution is -2.49. The van der Waals surface area contributed by atoms with Crippen molar-refractivity contribution in [2.24, 2.45) is 4.99 Å². The maximum absolute atomic E-state index is 4.53. The summed E-state index contributed by atoms with van der Waals surface area (Å²) in [5.74, 6) is 0.951. The first kappa shape index (κ1) is 17.2. The molecule has 6 heteroatoms. The van der Waals surface area contributed by atoms with Crippen LogP contribution in [0.2, 0.25) is 0 Å². The van der Waals surface area contributed by atoms with Gasteiger partial charge in [-0.3, -0.25) is 9.89 Å². The predicted molar refractivity (Wildman–Crippen MR) is 94.6 cm³/mol. The highest BCUT2D eigenvalue weighted by molar-refractivity contribution is 7.09. The first-order valence-corrected chi connectivity index (χ1v) is 9.08. The first-order chi connectivity index (χ1) is 10.6. The number of hydrogen-bond acceptors (Lipinski definition) is 4. The van der Waals surface area contributed by atoms with Gasteiger partial charge in [0.2, 0.25) is 0 Å². The molecule has 1 unspecified atom stereocenters. The molecule has 1 aromatic rings. The van der Waals surface area contributed by atoms with Gasteiger partial charge in [-0.1, -0.05) is 13.3 Å². The number of likely N-dealkylation sites (N-methyl/N-ethyl adjacent to an activating group) is 1. The van der Waals surface area contributed by atoms with Crippen LogP contribution in [0, 0.1) is 6.92 Å². The SMILES string of the molecule is CCN1CCCCC1CNC(=NC)N(C)Cc1csc(C)n1. The number of guanidine groups is 1. The molecule has 1 aliphatic heterocycles. The summed E-state index contributed by atoms with van der Waals surface area (Å²) in [5, 5.41) is 6.78. The highest BCUT2D eigenvalue weighted by Crippen LogP contribution is 2.16. The Balaban J connectivity index is 1.86. The lowest BCUT2D eigenvalue weighted by molar-refractivity contribution is 0.156. The van der Waals surface area contributed by atoms with Gasteiger partial charge in [-0.05, 0) is 32.9 Å². The summed E-state index contributed by atoms with van der Waals surface area (Å²) in [6.45, 7) is 8.44. The lowest BCUT2D eigenvalue weighted by Gasteiger charge is -2.35. The summed E-state index contributed by atoms with van der Waals surface area (Å²) in [6, 6.07) is 0.630. The van der Waals surface area contributed by atoms with Gasteiger partial charge in [0.1, 0.15) is 0 Å². The largest absolute Gasteiger partial charge is 0.355 e. The number of aryl methyl sites for hydroxylation is 1. The van der Waals surface area contributed by atoms with Gasteiger partial charge in [-0.2, -0.15) is 0 Å². The minimum Gasteiger partial charge on any atom is -0.355 e. The van der Waals surface area contributed by atoms with E-state index in [1.165, 1.54) is 25.8 Å². The fourth-order valence-electron chi connectivity index (χ4n) is 3.10. The minimum absolute atomic E-state index is 0.630. The number of thiazole rings is 1. The molecular formula is C16H29N5S. The molecule has 0 amide bonds. The van der Waals surface area contributed by atoms with Crippen LogP contribution in [-0.2, 0) is 6.54 Å². The lowest BCUT2D eigenvalue weighted by atomic mass is 10.0. The summed E-state index contributed by atoms with van der Waals surface area (Å²) < 4.78 is 0. The van der Waals surface area contributed by atoms with E-state index in [0.717, 1.165) is 36.3 Å². The summed E-state index contributed by atoms with van der Waals surface area (Å²) in [6.07, 6.45) is 3.96. The quantitative estimate of drug-likeness (QED) is 0.667. The van der Waals surface area contributed by atoms with Crippen LogP contribution < -0.4 is 5.32 Å². The molecule has 0 bridgehead atoms. The number of likely N-dealkylation sites (tertiary alicyclic amines) is 1. The number of aromatic nitrogens is 1. The Morgan fingerprint density at radius 1 is 1.55 bits per heavy atom. The van der Waals surface area contributed by atoms with Crippen molar-refractivity contribution in [3.05, 3.63) is 16.1 Å². The molecule has 0 aliphatic carbocycles. The van der Waals surface area contributed by atoms with Gasteiger partial charge in [0.25, 0.3) is 0 Å². The molecular weight excluding hydrogens is 294 g/mol. The average Bonchev–Trinajstić information content (AvgIpc) is 2.93. The Kier molecular flexibility index (Phi) is 6.64. The maximum atomic E-state index is 4.53. The highest BCUT2D eigenvalue weighted by Gasteiger charge is 2.21. The zero-order chi connectivity index (χ0) is 15.9. The summed E-state index contributed by atoms with van der Waals surface area (Å²) in [5.41, 5.74) is 1.11. The van der Waals surface area contributed by atoms with Crippen molar-refractivity contribution in [2.75, 3.05) is 33.7 Å². The van der Waals surface area contributed by atoms with Gasteiger partial charge in [0, 0.05) is 32.1 Å². The van der Waals surface area contributed by atoms with Gasteiger partial charge in [0.05, 0.1) is 17.2 Å². The molecule has 1 fully saturated rings. The van der Waals surface area contributed by atoms with E-state index in [1.807, 2.05) is 14.0 Å². The molecule has 1 atom stereocenters. The normalized spacial score (nSPS) is 20.2. The van der Waals surface area contributed by atoms with Crippen LogP contribution in [0.15, 0.2) is 10.4 Å². The standard InChI is InChI=1S/C16H29N5S/c1-5-21-9-7-6-8-15(21)10-18-16(17-3)20(4)11-14-12-22-13(2)19-14/h12,15H,5-11H2,1-4H3,(H,17,18). The van der Waals surface area contributed by atoms with Crippen LogP contribution in [-0.4, -0.2) is 60.5 Å². The molecule has 2 rings (SSSR count). The van der Waals surface area contributed by atoms with E-state index in [2.05, 4.69) is 44.4 Å². The molecule has 0 radical (unpaired) electrons. The van der Waals surface area contributed by atoms with Crippen molar-refractivity contribution in [1.29, 1.82) is 0 Å². The van der Waals surface area contributed by atoms with E-state index in [0.29, 0.717) is 6.04 Å². The van der Waals surface area contributed by atoms with Gasteiger partial charge < -0.3 is 10.2 Å². The third-order valence-electron chi connectivity index (χ3n) is 4.29. The number of piperidine rings is 1. The third-order valence-corrected chi connectivity index (χ3v) is 5.11. The molecule has 0 saturated carbocycles. The van der Waals surface area contributed by atoms with Gasteiger partial charge >= 0.3 is 0 Å². The molecule has 0 spiro atoms. The second-order valence-electron chi connectivity index (χ2n) is 5.92. The summed E-state index contributed by atoms with van der Waals surface area (Å²) >= 11 is 1.70. The van der Waals surface area contributed by atoms with Gasteiger partial charge in [0.15, 0.2) is 5.96 Å². The van der Waals surface area contributed by atoms with Crippen molar-refractivity contribution in [2.45, 2.75) is 45.7 Å². The highest BCUT2D eigenvalue weighted by atomic mass is 32.1. The molecule has 2 heterocycles.